The number of nitrogens with one attached hydrogen (secondary N) is 1. The highest BCUT2D eigenvalue weighted by molar-refractivity contribution is 5.74. The van der Waals surface area contributed by atoms with Gasteiger partial charge in [0.2, 0.25) is 0 Å². The lowest BCUT2D eigenvalue weighted by molar-refractivity contribution is -0.141. The molecule has 18 heavy (non-hydrogen) atoms. The van der Waals surface area contributed by atoms with E-state index < -0.39 is 11.6 Å². The Balaban J connectivity index is 2.37. The number of carbonyl (C=O) groups is 2. The smallest absolute Gasteiger partial charge is 0.317 e. The Morgan fingerprint density at radius 1 is 1.39 bits per heavy atom. The van der Waals surface area contributed by atoms with Gasteiger partial charge < -0.3 is 20.4 Å². The van der Waals surface area contributed by atoms with Gasteiger partial charge >= 0.3 is 12.0 Å². The Hall–Kier alpha value is -1.30. The summed E-state index contributed by atoms with van der Waals surface area (Å²) in [5, 5.41) is 21.0. The largest absolute Gasteiger partial charge is 0.481 e. The van der Waals surface area contributed by atoms with Crippen LogP contribution in [-0.2, 0) is 4.79 Å². The molecule has 0 heterocycles. The van der Waals surface area contributed by atoms with Crippen molar-refractivity contribution in [2.45, 2.75) is 50.7 Å². The quantitative estimate of drug-likeness (QED) is 0.680. The minimum absolute atomic E-state index is 0.0603. The van der Waals surface area contributed by atoms with E-state index in [-0.39, 0.29) is 25.0 Å². The fraction of sp³-hybridized carbons (Fsp3) is 0.833. The number of carbonyl (C=O) groups excluding carboxylic acids is 1. The number of urea groups is 1. The van der Waals surface area contributed by atoms with Crippen molar-refractivity contribution in [3.63, 3.8) is 0 Å². The molecule has 1 aliphatic rings. The molecule has 2 amide bonds. The Bertz CT molecular complexity index is 311. The number of aliphatic carboxylic acids is 1. The summed E-state index contributed by atoms with van der Waals surface area (Å²) in [6, 6.07) is 0.00184. The lowest BCUT2D eigenvalue weighted by Crippen LogP contribution is -2.48. The van der Waals surface area contributed by atoms with E-state index in [0.717, 1.165) is 25.7 Å². The van der Waals surface area contributed by atoms with Gasteiger partial charge in [0.1, 0.15) is 0 Å². The van der Waals surface area contributed by atoms with Crippen LogP contribution in [0.15, 0.2) is 0 Å². The Labute approximate surface area is 107 Å². The van der Waals surface area contributed by atoms with Crippen molar-refractivity contribution >= 4 is 12.0 Å². The van der Waals surface area contributed by atoms with Crippen LogP contribution in [0.25, 0.3) is 0 Å². The van der Waals surface area contributed by atoms with Gasteiger partial charge in [0.15, 0.2) is 0 Å². The summed E-state index contributed by atoms with van der Waals surface area (Å²) >= 11 is 0. The molecule has 1 aliphatic carbocycles. The number of rotatable bonds is 5. The minimum Gasteiger partial charge on any atom is -0.481 e. The molecule has 0 spiro atoms. The average molecular weight is 258 g/mol. The van der Waals surface area contributed by atoms with Gasteiger partial charge in [0.05, 0.1) is 12.0 Å². The molecule has 1 atom stereocenters. The van der Waals surface area contributed by atoms with Gasteiger partial charge in [-0.2, -0.15) is 0 Å². The topological polar surface area (TPSA) is 89.9 Å². The molecule has 0 aromatic heterocycles. The maximum Gasteiger partial charge on any atom is 0.317 e. The van der Waals surface area contributed by atoms with Crippen molar-refractivity contribution in [3.05, 3.63) is 0 Å². The number of amides is 2. The molecule has 1 saturated carbocycles. The van der Waals surface area contributed by atoms with Crippen molar-refractivity contribution in [1.29, 1.82) is 0 Å². The third-order valence-electron chi connectivity index (χ3n) is 3.35. The summed E-state index contributed by atoms with van der Waals surface area (Å²) < 4.78 is 0. The van der Waals surface area contributed by atoms with Crippen molar-refractivity contribution in [3.8, 4) is 0 Å². The van der Waals surface area contributed by atoms with Gasteiger partial charge in [-0.25, -0.2) is 4.79 Å². The Kier molecular flexibility index (Phi) is 4.95. The van der Waals surface area contributed by atoms with Crippen molar-refractivity contribution in [2.24, 2.45) is 0 Å². The van der Waals surface area contributed by atoms with E-state index in [1.165, 1.54) is 6.92 Å². The first-order chi connectivity index (χ1) is 8.32. The number of aliphatic hydroxyl groups is 1. The van der Waals surface area contributed by atoms with Crippen LogP contribution in [0.3, 0.4) is 0 Å². The lowest BCUT2D eigenvalue weighted by Gasteiger charge is -2.27. The molecule has 0 aliphatic heterocycles. The molecule has 0 saturated heterocycles. The van der Waals surface area contributed by atoms with Crippen LogP contribution in [0, 0.1) is 0 Å². The molecule has 104 valence electrons. The van der Waals surface area contributed by atoms with Crippen molar-refractivity contribution < 1.29 is 19.8 Å². The highest BCUT2D eigenvalue weighted by Gasteiger charge is 2.27. The molecule has 0 aromatic rings. The zero-order valence-corrected chi connectivity index (χ0v) is 11.0. The molecule has 0 aromatic carbocycles. The second kappa shape index (κ2) is 6.04. The highest BCUT2D eigenvalue weighted by Crippen LogP contribution is 2.22. The van der Waals surface area contributed by atoms with E-state index in [1.54, 1.807) is 11.9 Å². The van der Waals surface area contributed by atoms with E-state index in [0.29, 0.717) is 0 Å². The van der Waals surface area contributed by atoms with Gasteiger partial charge in [-0.15, -0.1) is 0 Å². The molecular formula is C12H22N2O4. The second-order valence-electron chi connectivity index (χ2n) is 5.28. The summed E-state index contributed by atoms with van der Waals surface area (Å²) in [5.74, 6) is -1.08. The van der Waals surface area contributed by atoms with Gasteiger partial charge in [0.25, 0.3) is 0 Å². The van der Waals surface area contributed by atoms with E-state index in [4.69, 9.17) is 5.11 Å². The number of hydrogen-bond acceptors (Lipinski definition) is 3. The molecule has 1 rings (SSSR count). The molecule has 0 radical (unpaired) electrons. The van der Waals surface area contributed by atoms with Crippen LogP contribution < -0.4 is 5.32 Å². The average Bonchev–Trinajstić information content (AvgIpc) is 2.76. The van der Waals surface area contributed by atoms with E-state index in [2.05, 4.69) is 5.32 Å². The molecule has 6 nitrogen and oxygen atoms in total. The summed E-state index contributed by atoms with van der Waals surface area (Å²) in [7, 11) is 1.73. The standard InChI is InChI=1S/C12H22N2O4/c1-12(18,7-10(15)16)8-13-11(17)14(2)9-5-3-4-6-9/h9,18H,3-8H2,1-2H3,(H,13,17)(H,15,16). The van der Waals surface area contributed by atoms with Crippen LogP contribution in [0.1, 0.15) is 39.0 Å². The van der Waals surface area contributed by atoms with E-state index in [1.807, 2.05) is 0 Å². The molecule has 6 heteroatoms. The molecule has 1 fully saturated rings. The predicted molar refractivity (Wildman–Crippen MR) is 66.3 cm³/mol. The number of carboxylic acid groups (broad SMARTS) is 1. The van der Waals surface area contributed by atoms with Crippen LogP contribution in [0.5, 0.6) is 0 Å². The third-order valence-corrected chi connectivity index (χ3v) is 3.35. The Morgan fingerprint density at radius 2 is 1.94 bits per heavy atom. The highest BCUT2D eigenvalue weighted by atomic mass is 16.4. The summed E-state index contributed by atoms with van der Waals surface area (Å²) in [6.45, 7) is 1.34. The minimum atomic E-state index is -1.42. The molecule has 3 N–H and O–H groups in total. The van der Waals surface area contributed by atoms with Crippen LogP contribution in [-0.4, -0.2) is 52.3 Å². The van der Waals surface area contributed by atoms with Crippen LogP contribution in [0.2, 0.25) is 0 Å². The maximum atomic E-state index is 11.8. The zero-order chi connectivity index (χ0) is 13.8. The first kappa shape index (κ1) is 14.8. The second-order valence-corrected chi connectivity index (χ2v) is 5.28. The molecule has 1 unspecified atom stereocenters. The lowest BCUT2D eigenvalue weighted by atomic mass is 10.0. The van der Waals surface area contributed by atoms with Gasteiger partial charge in [-0.1, -0.05) is 12.8 Å². The SMILES string of the molecule is CN(C(=O)NCC(C)(O)CC(=O)O)C1CCCC1. The van der Waals surface area contributed by atoms with Gasteiger partial charge in [-0.05, 0) is 19.8 Å². The Morgan fingerprint density at radius 3 is 2.44 bits per heavy atom. The van der Waals surface area contributed by atoms with Crippen LogP contribution >= 0.6 is 0 Å². The number of carboxylic acids is 1. The van der Waals surface area contributed by atoms with E-state index >= 15 is 0 Å². The van der Waals surface area contributed by atoms with E-state index in [9.17, 15) is 14.7 Å². The van der Waals surface area contributed by atoms with Crippen molar-refractivity contribution in [2.75, 3.05) is 13.6 Å². The molecule has 0 bridgehead atoms. The number of hydrogen-bond donors (Lipinski definition) is 3. The van der Waals surface area contributed by atoms with Gasteiger partial charge in [-0.3, -0.25) is 4.79 Å². The fourth-order valence-corrected chi connectivity index (χ4v) is 2.24. The summed E-state index contributed by atoms with van der Waals surface area (Å²) in [4.78, 5) is 24.0. The fourth-order valence-electron chi connectivity index (χ4n) is 2.24. The summed E-state index contributed by atoms with van der Waals surface area (Å²) in [6.07, 6.45) is 3.91. The monoisotopic (exact) mass is 258 g/mol. The van der Waals surface area contributed by atoms with Crippen molar-refractivity contribution in [1.82, 2.24) is 10.2 Å². The maximum absolute atomic E-state index is 11.8. The van der Waals surface area contributed by atoms with Gasteiger partial charge in [0, 0.05) is 19.6 Å². The third kappa shape index (κ3) is 4.52. The predicted octanol–water partition coefficient (Wildman–Crippen LogP) is 0.796. The normalized spacial score (nSPS) is 19.3. The zero-order valence-electron chi connectivity index (χ0n) is 11.0. The first-order valence-corrected chi connectivity index (χ1v) is 6.27. The first-order valence-electron chi connectivity index (χ1n) is 6.27. The van der Waals surface area contributed by atoms with Crippen LogP contribution in [0.4, 0.5) is 4.79 Å². The molecular weight excluding hydrogens is 236 g/mol. The number of nitrogens with zero attached hydrogens (tertiary/aromatic N) is 1. The summed E-state index contributed by atoms with van der Waals surface area (Å²) in [5.41, 5.74) is -1.42.